The Hall–Kier alpha value is -3.13. The number of hydrogen-bond acceptors (Lipinski definition) is 8. The van der Waals surface area contributed by atoms with Crippen molar-refractivity contribution in [3.8, 4) is 17.2 Å². The highest BCUT2D eigenvalue weighted by atomic mass is 16.6. The maximum absolute atomic E-state index is 12.7. The number of carbonyl (C=O) groups is 1. The number of nitrogens with zero attached hydrogens (tertiary/aromatic N) is 1. The second-order valence-corrected chi connectivity index (χ2v) is 10.3. The summed E-state index contributed by atoms with van der Waals surface area (Å²) in [5.74, 6) is 1.49. The van der Waals surface area contributed by atoms with Crippen molar-refractivity contribution in [1.82, 2.24) is 10.2 Å². The minimum absolute atomic E-state index is 0.109. The van der Waals surface area contributed by atoms with Crippen LogP contribution in [0.2, 0.25) is 0 Å². The molecule has 1 aromatic carbocycles. The molecule has 0 saturated heterocycles. The third kappa shape index (κ3) is 5.05. The lowest BCUT2D eigenvalue weighted by atomic mass is 9.92. The molecule has 0 aromatic heterocycles. The van der Waals surface area contributed by atoms with Crippen molar-refractivity contribution in [3.63, 3.8) is 0 Å². The van der Waals surface area contributed by atoms with Gasteiger partial charge in [-0.05, 0) is 58.1 Å². The Balaban J connectivity index is 1.59. The normalized spacial score (nSPS) is 22.3. The SMILES string of the molecule is CCOC(=O)C1=CC(=CCN2C=CNC2)c2c(cc3c(c2OC2CCCCC2)CC(C(C)(C)O)O3)O1. The van der Waals surface area contributed by atoms with Gasteiger partial charge in [-0.25, -0.2) is 4.79 Å². The van der Waals surface area contributed by atoms with Crippen molar-refractivity contribution in [3.05, 3.63) is 47.5 Å². The number of rotatable bonds is 7. The Morgan fingerprint density at radius 2 is 2.08 bits per heavy atom. The van der Waals surface area contributed by atoms with Crippen LogP contribution in [0.4, 0.5) is 0 Å². The van der Waals surface area contributed by atoms with E-state index in [4.69, 9.17) is 18.9 Å². The predicted molar refractivity (Wildman–Crippen MR) is 136 cm³/mol. The molecule has 1 saturated carbocycles. The van der Waals surface area contributed by atoms with E-state index in [9.17, 15) is 9.90 Å². The molecular formula is C28H36N2O6. The van der Waals surface area contributed by atoms with Gasteiger partial charge >= 0.3 is 5.97 Å². The Bertz CT molecular complexity index is 1090. The number of allylic oxidation sites excluding steroid dienone is 2. The van der Waals surface area contributed by atoms with Crippen molar-refractivity contribution < 1.29 is 28.8 Å². The highest BCUT2D eigenvalue weighted by Crippen LogP contribution is 2.51. The number of ether oxygens (including phenoxy) is 4. The molecule has 0 spiro atoms. The highest BCUT2D eigenvalue weighted by Gasteiger charge is 2.40. The number of nitrogens with one attached hydrogen (secondary N) is 1. The third-order valence-electron chi connectivity index (χ3n) is 7.11. The zero-order valence-corrected chi connectivity index (χ0v) is 21.3. The van der Waals surface area contributed by atoms with Gasteiger partial charge in [0.1, 0.15) is 23.4 Å². The monoisotopic (exact) mass is 496 g/mol. The zero-order valence-electron chi connectivity index (χ0n) is 21.3. The molecule has 36 heavy (non-hydrogen) atoms. The van der Waals surface area contributed by atoms with Crippen LogP contribution in [0.3, 0.4) is 0 Å². The first kappa shape index (κ1) is 24.6. The molecule has 0 bridgehead atoms. The average molecular weight is 497 g/mol. The number of carbonyl (C=O) groups excluding carboxylic acids is 1. The molecule has 2 N–H and O–H groups in total. The second kappa shape index (κ2) is 10.1. The Kier molecular flexibility index (Phi) is 6.88. The van der Waals surface area contributed by atoms with Crippen LogP contribution in [0.1, 0.15) is 64.0 Å². The molecule has 1 aromatic rings. The first-order valence-electron chi connectivity index (χ1n) is 13.0. The lowest BCUT2D eigenvalue weighted by molar-refractivity contribution is -0.141. The summed E-state index contributed by atoms with van der Waals surface area (Å²) in [7, 11) is 0. The number of hydrogen-bond donors (Lipinski definition) is 2. The molecule has 194 valence electrons. The molecule has 0 amide bonds. The van der Waals surface area contributed by atoms with Crippen LogP contribution < -0.4 is 19.5 Å². The van der Waals surface area contributed by atoms with Gasteiger partial charge < -0.3 is 34.3 Å². The molecule has 1 fully saturated rings. The van der Waals surface area contributed by atoms with Crippen molar-refractivity contribution in [2.75, 3.05) is 19.8 Å². The van der Waals surface area contributed by atoms with Crippen LogP contribution in [0.5, 0.6) is 17.2 Å². The Labute approximate surface area is 212 Å². The first-order valence-corrected chi connectivity index (χ1v) is 13.0. The van der Waals surface area contributed by atoms with Crippen LogP contribution >= 0.6 is 0 Å². The van der Waals surface area contributed by atoms with E-state index >= 15 is 0 Å². The Morgan fingerprint density at radius 3 is 2.78 bits per heavy atom. The molecule has 1 unspecified atom stereocenters. The molecule has 3 aliphatic heterocycles. The van der Waals surface area contributed by atoms with Gasteiger partial charge in [0.25, 0.3) is 0 Å². The van der Waals surface area contributed by atoms with Gasteiger partial charge in [-0.3, -0.25) is 0 Å². The smallest absolute Gasteiger partial charge is 0.374 e. The molecule has 1 aliphatic carbocycles. The summed E-state index contributed by atoms with van der Waals surface area (Å²) in [5, 5.41) is 13.9. The third-order valence-corrected chi connectivity index (χ3v) is 7.11. The van der Waals surface area contributed by atoms with Gasteiger partial charge in [-0.15, -0.1) is 0 Å². The zero-order chi connectivity index (χ0) is 25.3. The van der Waals surface area contributed by atoms with Gasteiger partial charge in [-0.2, -0.15) is 0 Å². The average Bonchev–Trinajstić information content (AvgIpc) is 3.53. The second-order valence-electron chi connectivity index (χ2n) is 10.3. The van der Waals surface area contributed by atoms with Gasteiger partial charge in [0.2, 0.25) is 5.76 Å². The molecule has 8 nitrogen and oxygen atoms in total. The minimum Gasteiger partial charge on any atom is -0.489 e. The van der Waals surface area contributed by atoms with Crippen molar-refractivity contribution in [1.29, 1.82) is 0 Å². The molecular weight excluding hydrogens is 460 g/mol. The lowest BCUT2D eigenvalue weighted by Gasteiger charge is -2.28. The quantitative estimate of drug-likeness (QED) is 0.547. The fourth-order valence-electron chi connectivity index (χ4n) is 5.11. The van der Waals surface area contributed by atoms with E-state index in [0.29, 0.717) is 24.5 Å². The van der Waals surface area contributed by atoms with Crippen molar-refractivity contribution in [2.45, 2.75) is 77.1 Å². The summed E-state index contributed by atoms with van der Waals surface area (Å²) < 4.78 is 24.3. The van der Waals surface area contributed by atoms with E-state index in [1.807, 2.05) is 18.5 Å². The predicted octanol–water partition coefficient (Wildman–Crippen LogP) is 4.03. The van der Waals surface area contributed by atoms with Gasteiger partial charge in [0.05, 0.1) is 30.5 Å². The van der Waals surface area contributed by atoms with Crippen LogP contribution in [0, 0.1) is 0 Å². The summed E-state index contributed by atoms with van der Waals surface area (Å²) in [6.45, 7) is 6.90. The molecule has 4 aliphatic rings. The summed E-state index contributed by atoms with van der Waals surface area (Å²) >= 11 is 0. The van der Waals surface area contributed by atoms with Crippen LogP contribution in [-0.2, 0) is 16.0 Å². The highest BCUT2D eigenvalue weighted by molar-refractivity contribution is 5.95. The maximum Gasteiger partial charge on any atom is 0.374 e. The largest absolute Gasteiger partial charge is 0.489 e. The van der Waals surface area contributed by atoms with E-state index in [2.05, 4.69) is 16.3 Å². The number of benzene rings is 1. The van der Waals surface area contributed by atoms with E-state index in [1.54, 1.807) is 26.8 Å². The summed E-state index contributed by atoms with van der Waals surface area (Å²) in [5.41, 5.74) is 1.59. The van der Waals surface area contributed by atoms with Gasteiger partial charge in [0.15, 0.2) is 0 Å². The molecule has 8 heteroatoms. The van der Waals surface area contributed by atoms with Crippen LogP contribution in [0.25, 0.3) is 5.57 Å². The minimum atomic E-state index is -1.02. The van der Waals surface area contributed by atoms with Crippen molar-refractivity contribution in [2.24, 2.45) is 0 Å². The number of fused-ring (bicyclic) bond motifs is 2. The number of aliphatic hydroxyl groups is 1. The van der Waals surface area contributed by atoms with Gasteiger partial charge in [-0.1, -0.05) is 12.5 Å². The number of esters is 1. The van der Waals surface area contributed by atoms with Crippen LogP contribution in [0.15, 0.2) is 36.4 Å². The van der Waals surface area contributed by atoms with Crippen LogP contribution in [-0.4, -0.2) is 53.6 Å². The maximum atomic E-state index is 12.7. The Morgan fingerprint density at radius 1 is 1.28 bits per heavy atom. The van der Waals surface area contributed by atoms with E-state index in [1.165, 1.54) is 6.42 Å². The fraction of sp³-hybridized carbons (Fsp3) is 0.536. The first-order chi connectivity index (χ1) is 17.3. The summed E-state index contributed by atoms with van der Waals surface area (Å²) in [6.07, 6.45) is 13.5. The van der Waals surface area contributed by atoms with Crippen molar-refractivity contribution >= 4 is 11.5 Å². The van der Waals surface area contributed by atoms with E-state index in [-0.39, 0.29) is 18.5 Å². The molecule has 1 atom stereocenters. The van der Waals surface area contributed by atoms with E-state index in [0.717, 1.165) is 54.8 Å². The van der Waals surface area contributed by atoms with Gasteiger partial charge in [0, 0.05) is 37.0 Å². The molecule has 5 rings (SSSR count). The lowest BCUT2D eigenvalue weighted by Crippen LogP contribution is -2.39. The topological polar surface area (TPSA) is 89.5 Å². The fourth-order valence-corrected chi connectivity index (χ4v) is 5.11. The summed E-state index contributed by atoms with van der Waals surface area (Å²) in [4.78, 5) is 14.8. The van der Waals surface area contributed by atoms with E-state index < -0.39 is 17.7 Å². The molecule has 3 heterocycles. The summed E-state index contributed by atoms with van der Waals surface area (Å²) in [6, 6.07) is 1.82. The standard InChI is InChI=1S/C28H36N2O6/c1-4-33-27(31)23-14-18(10-12-30-13-11-29-17-30)25-22(35-23)16-21-20(15-24(36-21)28(2,3)32)26(25)34-19-8-6-5-7-9-19/h10-11,13-14,16,19,24,29,32H,4-9,12,15,17H2,1-3H3. The molecule has 0 radical (unpaired) electrons.